The lowest BCUT2D eigenvalue weighted by Crippen LogP contribution is -2.47. The van der Waals surface area contributed by atoms with E-state index in [4.69, 9.17) is 0 Å². The molecular formula is C19H29N3O. The molecule has 4 nitrogen and oxygen atoms in total. The Bertz CT molecular complexity index is 519. The Balaban J connectivity index is 1.32. The van der Waals surface area contributed by atoms with Gasteiger partial charge in [0.05, 0.1) is 0 Å². The summed E-state index contributed by atoms with van der Waals surface area (Å²) in [6.45, 7) is 8.49. The highest BCUT2D eigenvalue weighted by molar-refractivity contribution is 5.79. The zero-order valence-electron chi connectivity index (χ0n) is 14.3. The van der Waals surface area contributed by atoms with Gasteiger partial charge in [-0.1, -0.05) is 18.6 Å². The van der Waals surface area contributed by atoms with Crippen molar-refractivity contribution < 1.29 is 4.79 Å². The molecule has 2 fully saturated rings. The predicted octanol–water partition coefficient (Wildman–Crippen LogP) is 2.42. The summed E-state index contributed by atoms with van der Waals surface area (Å²) in [6.07, 6.45) is 4.46. The van der Waals surface area contributed by atoms with Crippen LogP contribution in [0.25, 0.3) is 0 Å². The third-order valence-corrected chi connectivity index (χ3v) is 5.17. The summed E-state index contributed by atoms with van der Waals surface area (Å²) in [5.74, 6) is 0.591. The van der Waals surface area contributed by atoms with Gasteiger partial charge in [0.2, 0.25) is 5.91 Å². The summed E-state index contributed by atoms with van der Waals surface area (Å²) in [6, 6.07) is 8.77. The lowest BCUT2D eigenvalue weighted by atomic mass is 9.85. The first kappa shape index (κ1) is 16.3. The van der Waals surface area contributed by atoms with Crippen molar-refractivity contribution in [3.05, 3.63) is 29.8 Å². The van der Waals surface area contributed by atoms with Gasteiger partial charge in [-0.3, -0.25) is 9.69 Å². The molecule has 1 amide bonds. The Morgan fingerprint density at radius 1 is 1.22 bits per heavy atom. The van der Waals surface area contributed by atoms with Crippen molar-refractivity contribution in [2.75, 3.05) is 44.2 Å². The van der Waals surface area contributed by atoms with Crippen molar-refractivity contribution in [3.8, 4) is 0 Å². The Morgan fingerprint density at radius 3 is 2.65 bits per heavy atom. The molecule has 1 N–H and O–H groups in total. The molecule has 0 spiro atoms. The first-order chi connectivity index (χ1) is 11.2. The second kappa shape index (κ2) is 7.82. The van der Waals surface area contributed by atoms with Gasteiger partial charge in [0.1, 0.15) is 0 Å². The molecule has 23 heavy (non-hydrogen) atoms. The number of benzene rings is 1. The minimum Gasteiger partial charge on any atom is -0.369 e. The standard InChI is InChI=1S/C19H29N3O/c1-16-5-2-8-18(15-16)22-13-11-21(12-14-22)10-4-9-20-19(23)17-6-3-7-17/h2,5,8,15,17H,3-4,6-7,9-14H2,1H3,(H,20,23). The second-order valence-electron chi connectivity index (χ2n) is 6.94. The molecule has 0 aromatic heterocycles. The van der Waals surface area contributed by atoms with Crippen LogP contribution in [0, 0.1) is 12.8 Å². The first-order valence-corrected chi connectivity index (χ1v) is 9.04. The molecule has 1 aromatic carbocycles. The lowest BCUT2D eigenvalue weighted by Gasteiger charge is -2.36. The van der Waals surface area contributed by atoms with Crippen LogP contribution in [0.1, 0.15) is 31.2 Å². The van der Waals surface area contributed by atoms with Crippen molar-refractivity contribution in [3.63, 3.8) is 0 Å². The minimum atomic E-state index is 0.278. The molecule has 1 saturated heterocycles. The van der Waals surface area contributed by atoms with E-state index >= 15 is 0 Å². The fourth-order valence-corrected chi connectivity index (χ4v) is 3.38. The Kier molecular flexibility index (Phi) is 5.55. The maximum Gasteiger partial charge on any atom is 0.223 e. The van der Waals surface area contributed by atoms with Gasteiger partial charge in [-0.15, -0.1) is 0 Å². The van der Waals surface area contributed by atoms with Gasteiger partial charge in [0, 0.05) is 44.3 Å². The van der Waals surface area contributed by atoms with Crippen LogP contribution >= 0.6 is 0 Å². The molecule has 0 radical (unpaired) electrons. The van der Waals surface area contributed by atoms with Crippen LogP contribution in [0.4, 0.5) is 5.69 Å². The van der Waals surface area contributed by atoms with E-state index in [9.17, 15) is 4.79 Å². The third kappa shape index (κ3) is 4.47. The number of rotatable bonds is 6. The fourth-order valence-electron chi connectivity index (χ4n) is 3.38. The van der Waals surface area contributed by atoms with Gasteiger partial charge in [0.15, 0.2) is 0 Å². The van der Waals surface area contributed by atoms with Gasteiger partial charge in [-0.25, -0.2) is 0 Å². The number of anilines is 1. The van der Waals surface area contributed by atoms with E-state index in [1.807, 2.05) is 0 Å². The zero-order valence-corrected chi connectivity index (χ0v) is 14.3. The molecule has 126 valence electrons. The number of carbonyl (C=O) groups excluding carboxylic acids is 1. The van der Waals surface area contributed by atoms with Crippen molar-refractivity contribution >= 4 is 11.6 Å². The summed E-state index contributed by atoms with van der Waals surface area (Å²) in [7, 11) is 0. The fraction of sp³-hybridized carbons (Fsp3) is 0.632. The predicted molar refractivity (Wildman–Crippen MR) is 94.8 cm³/mol. The number of piperazine rings is 1. The highest BCUT2D eigenvalue weighted by atomic mass is 16.1. The number of aryl methyl sites for hydroxylation is 1. The van der Waals surface area contributed by atoms with E-state index in [1.165, 1.54) is 17.7 Å². The second-order valence-corrected chi connectivity index (χ2v) is 6.94. The van der Waals surface area contributed by atoms with Gasteiger partial charge in [0.25, 0.3) is 0 Å². The van der Waals surface area contributed by atoms with Crippen LogP contribution < -0.4 is 10.2 Å². The van der Waals surface area contributed by atoms with Gasteiger partial charge < -0.3 is 10.2 Å². The van der Waals surface area contributed by atoms with E-state index < -0.39 is 0 Å². The SMILES string of the molecule is Cc1cccc(N2CCN(CCCNC(=O)C3CCC3)CC2)c1. The molecule has 2 aliphatic rings. The first-order valence-electron chi connectivity index (χ1n) is 9.04. The van der Waals surface area contributed by atoms with Crippen molar-refractivity contribution in [1.82, 2.24) is 10.2 Å². The van der Waals surface area contributed by atoms with E-state index in [2.05, 4.69) is 46.3 Å². The molecule has 1 aliphatic carbocycles. The molecular weight excluding hydrogens is 286 g/mol. The highest BCUT2D eigenvalue weighted by Gasteiger charge is 2.24. The molecule has 1 heterocycles. The zero-order chi connectivity index (χ0) is 16.1. The molecule has 1 aliphatic heterocycles. The molecule has 1 aromatic rings. The number of hydrogen-bond acceptors (Lipinski definition) is 3. The third-order valence-electron chi connectivity index (χ3n) is 5.17. The summed E-state index contributed by atoms with van der Waals surface area (Å²) in [5.41, 5.74) is 2.67. The quantitative estimate of drug-likeness (QED) is 0.819. The van der Waals surface area contributed by atoms with Gasteiger partial charge in [-0.05, 0) is 50.4 Å². The number of hydrogen-bond donors (Lipinski definition) is 1. The summed E-state index contributed by atoms with van der Waals surface area (Å²) in [5, 5.41) is 3.09. The maximum atomic E-state index is 11.8. The Morgan fingerprint density at radius 2 is 2.00 bits per heavy atom. The summed E-state index contributed by atoms with van der Waals surface area (Å²) in [4.78, 5) is 16.8. The van der Waals surface area contributed by atoms with E-state index in [0.29, 0.717) is 5.92 Å². The topological polar surface area (TPSA) is 35.6 Å². The largest absolute Gasteiger partial charge is 0.369 e. The maximum absolute atomic E-state index is 11.8. The summed E-state index contributed by atoms with van der Waals surface area (Å²) >= 11 is 0. The van der Waals surface area contributed by atoms with Crippen LogP contribution in [-0.4, -0.2) is 50.1 Å². The van der Waals surface area contributed by atoms with Crippen LogP contribution in [0.3, 0.4) is 0 Å². The van der Waals surface area contributed by atoms with Gasteiger partial charge >= 0.3 is 0 Å². The average molecular weight is 315 g/mol. The molecule has 4 heteroatoms. The Hall–Kier alpha value is -1.55. The molecule has 1 saturated carbocycles. The van der Waals surface area contributed by atoms with Crippen LogP contribution in [-0.2, 0) is 4.79 Å². The van der Waals surface area contributed by atoms with Crippen molar-refractivity contribution in [1.29, 1.82) is 0 Å². The molecule has 0 bridgehead atoms. The summed E-state index contributed by atoms with van der Waals surface area (Å²) < 4.78 is 0. The van der Waals surface area contributed by atoms with E-state index in [-0.39, 0.29) is 5.91 Å². The molecule has 0 atom stereocenters. The van der Waals surface area contributed by atoms with Crippen molar-refractivity contribution in [2.45, 2.75) is 32.6 Å². The van der Waals surface area contributed by atoms with E-state index in [1.54, 1.807) is 0 Å². The van der Waals surface area contributed by atoms with Crippen LogP contribution in [0.15, 0.2) is 24.3 Å². The Labute approximate surface area is 139 Å². The normalized spacial score (nSPS) is 19.4. The monoisotopic (exact) mass is 315 g/mol. The van der Waals surface area contributed by atoms with E-state index in [0.717, 1.165) is 58.5 Å². The minimum absolute atomic E-state index is 0.278. The number of nitrogens with zero attached hydrogens (tertiary/aromatic N) is 2. The van der Waals surface area contributed by atoms with Gasteiger partial charge in [-0.2, -0.15) is 0 Å². The number of amides is 1. The highest BCUT2D eigenvalue weighted by Crippen LogP contribution is 2.26. The average Bonchev–Trinajstić information content (AvgIpc) is 2.50. The van der Waals surface area contributed by atoms with Crippen molar-refractivity contribution in [2.24, 2.45) is 5.92 Å². The number of nitrogens with one attached hydrogen (secondary N) is 1. The molecule has 3 rings (SSSR count). The van der Waals surface area contributed by atoms with Crippen LogP contribution in [0.5, 0.6) is 0 Å². The van der Waals surface area contributed by atoms with Crippen LogP contribution in [0.2, 0.25) is 0 Å². The lowest BCUT2D eigenvalue weighted by molar-refractivity contribution is -0.127. The molecule has 0 unspecified atom stereocenters. The smallest absolute Gasteiger partial charge is 0.223 e. The number of carbonyl (C=O) groups is 1.